The summed E-state index contributed by atoms with van der Waals surface area (Å²) in [5.74, 6) is 0.414. The molecule has 0 aliphatic heterocycles. The van der Waals surface area contributed by atoms with Crippen molar-refractivity contribution in [3.05, 3.63) is 35.9 Å². The number of fused-ring (bicyclic) bond motifs is 1. The Balaban J connectivity index is 2.43. The maximum absolute atomic E-state index is 11.3. The molecule has 0 spiro atoms. The molecule has 0 atom stereocenters. The zero-order chi connectivity index (χ0) is 15.2. The number of nitrogens with two attached hydrogens (primary N) is 2. The highest BCUT2D eigenvalue weighted by Gasteiger charge is 2.13. The second-order valence-corrected chi connectivity index (χ2v) is 5.10. The van der Waals surface area contributed by atoms with Gasteiger partial charge in [-0.05, 0) is 24.1 Å². The Morgan fingerprint density at radius 2 is 2.10 bits per heavy atom. The van der Waals surface area contributed by atoms with E-state index in [4.69, 9.17) is 11.5 Å². The smallest absolute Gasteiger partial charge is 0.236 e. The molecule has 0 saturated heterocycles. The molecule has 0 aliphatic carbocycles. The van der Waals surface area contributed by atoms with Crippen molar-refractivity contribution in [2.24, 2.45) is 11.5 Å². The van der Waals surface area contributed by atoms with E-state index in [1.807, 2.05) is 35.2 Å². The lowest BCUT2D eigenvalue weighted by Crippen LogP contribution is -2.35. The Morgan fingerprint density at radius 1 is 1.33 bits per heavy atom. The summed E-state index contributed by atoms with van der Waals surface area (Å²) < 4.78 is 0. The van der Waals surface area contributed by atoms with Gasteiger partial charge in [0.25, 0.3) is 0 Å². The Bertz CT molecular complexity index is 627. The van der Waals surface area contributed by atoms with Crippen LogP contribution in [0.1, 0.15) is 25.3 Å². The van der Waals surface area contributed by atoms with Crippen molar-refractivity contribution < 1.29 is 4.79 Å². The zero-order valence-electron chi connectivity index (χ0n) is 12.4. The number of hydrogen-bond donors (Lipinski definition) is 2. The number of anilines is 1. The van der Waals surface area contributed by atoms with E-state index in [-0.39, 0.29) is 12.5 Å². The lowest BCUT2D eigenvalue weighted by molar-refractivity contribution is -0.116. The molecule has 1 amide bonds. The van der Waals surface area contributed by atoms with E-state index in [2.05, 4.69) is 11.9 Å². The second-order valence-electron chi connectivity index (χ2n) is 5.10. The second kappa shape index (κ2) is 7.04. The van der Waals surface area contributed by atoms with E-state index in [1.165, 1.54) is 0 Å². The molecular formula is C16H22N4O. The number of aromatic nitrogens is 1. The summed E-state index contributed by atoms with van der Waals surface area (Å²) in [6.45, 7) is 3.49. The van der Waals surface area contributed by atoms with Crippen molar-refractivity contribution in [2.75, 3.05) is 18.0 Å². The molecule has 4 N–H and O–H groups in total. The minimum Gasteiger partial charge on any atom is -0.368 e. The molecule has 2 aromatic rings. The first-order valence-corrected chi connectivity index (χ1v) is 7.27. The summed E-state index contributed by atoms with van der Waals surface area (Å²) in [5.41, 5.74) is 13.1. The summed E-state index contributed by atoms with van der Waals surface area (Å²) in [5, 5.41) is 1.05. The highest BCUT2D eigenvalue weighted by molar-refractivity contribution is 5.85. The third kappa shape index (κ3) is 3.70. The number of unbranched alkanes of at least 4 members (excludes halogenated alkanes) is 1. The van der Waals surface area contributed by atoms with E-state index < -0.39 is 0 Å². The van der Waals surface area contributed by atoms with Gasteiger partial charge in [-0.1, -0.05) is 31.5 Å². The fourth-order valence-electron chi connectivity index (χ4n) is 2.37. The number of pyridine rings is 1. The average Bonchev–Trinajstić information content (AvgIpc) is 2.49. The van der Waals surface area contributed by atoms with Gasteiger partial charge in [-0.3, -0.25) is 4.79 Å². The molecule has 2 rings (SSSR count). The molecule has 0 unspecified atom stereocenters. The molecule has 0 fully saturated rings. The molecule has 112 valence electrons. The van der Waals surface area contributed by atoms with Crippen LogP contribution in [0, 0.1) is 0 Å². The number of para-hydroxylation sites is 1. The quantitative estimate of drug-likeness (QED) is 0.812. The highest BCUT2D eigenvalue weighted by atomic mass is 16.1. The first-order chi connectivity index (χ1) is 10.2. The summed E-state index contributed by atoms with van der Waals surface area (Å²) in [4.78, 5) is 17.9. The van der Waals surface area contributed by atoms with E-state index in [0.29, 0.717) is 6.54 Å². The lowest BCUT2D eigenvalue weighted by Gasteiger charge is -2.23. The van der Waals surface area contributed by atoms with Crippen LogP contribution < -0.4 is 16.4 Å². The van der Waals surface area contributed by atoms with E-state index in [1.54, 1.807) is 0 Å². The number of nitrogens with zero attached hydrogens (tertiary/aromatic N) is 2. The lowest BCUT2D eigenvalue weighted by atomic mass is 10.1. The Hall–Kier alpha value is -2.14. The fraction of sp³-hybridized carbons (Fsp3) is 0.375. The predicted molar refractivity (Wildman–Crippen MR) is 85.9 cm³/mol. The van der Waals surface area contributed by atoms with Crippen LogP contribution in [0.4, 0.5) is 5.82 Å². The van der Waals surface area contributed by atoms with Crippen LogP contribution in [0.5, 0.6) is 0 Å². The average molecular weight is 286 g/mol. The SMILES string of the molecule is CCCCN(CC(N)=O)c1cc(CN)c2ccccc2n1. The van der Waals surface area contributed by atoms with Gasteiger partial charge in [0.05, 0.1) is 12.1 Å². The van der Waals surface area contributed by atoms with Crippen molar-refractivity contribution >= 4 is 22.6 Å². The largest absolute Gasteiger partial charge is 0.368 e. The molecule has 1 heterocycles. The van der Waals surface area contributed by atoms with Gasteiger partial charge in [0.1, 0.15) is 5.82 Å². The topological polar surface area (TPSA) is 85.2 Å². The third-order valence-electron chi connectivity index (χ3n) is 3.46. The monoisotopic (exact) mass is 286 g/mol. The van der Waals surface area contributed by atoms with Crippen LogP contribution in [-0.4, -0.2) is 24.0 Å². The van der Waals surface area contributed by atoms with Crippen LogP contribution in [-0.2, 0) is 11.3 Å². The van der Waals surface area contributed by atoms with Gasteiger partial charge in [0.15, 0.2) is 0 Å². The Labute approximate surface area is 124 Å². The minimum absolute atomic E-state index is 0.176. The van der Waals surface area contributed by atoms with Crippen molar-refractivity contribution in [2.45, 2.75) is 26.3 Å². The molecule has 5 heteroatoms. The van der Waals surface area contributed by atoms with Crippen LogP contribution in [0.25, 0.3) is 10.9 Å². The van der Waals surface area contributed by atoms with E-state index in [0.717, 1.165) is 41.7 Å². The van der Waals surface area contributed by atoms with Gasteiger partial charge in [0.2, 0.25) is 5.91 Å². The normalized spacial score (nSPS) is 10.8. The molecule has 5 nitrogen and oxygen atoms in total. The van der Waals surface area contributed by atoms with Crippen LogP contribution in [0.15, 0.2) is 30.3 Å². The van der Waals surface area contributed by atoms with Crippen LogP contribution in [0.3, 0.4) is 0 Å². The standard InChI is InChI=1S/C16H22N4O/c1-2-3-8-20(11-15(18)21)16-9-12(10-17)13-6-4-5-7-14(13)19-16/h4-7,9H,2-3,8,10-11,17H2,1H3,(H2,18,21). The summed E-state index contributed by atoms with van der Waals surface area (Å²) in [6.07, 6.45) is 2.03. The maximum atomic E-state index is 11.3. The third-order valence-corrected chi connectivity index (χ3v) is 3.46. The number of amides is 1. The van der Waals surface area contributed by atoms with Gasteiger partial charge < -0.3 is 16.4 Å². The van der Waals surface area contributed by atoms with Crippen molar-refractivity contribution in [1.29, 1.82) is 0 Å². The van der Waals surface area contributed by atoms with Crippen molar-refractivity contribution in [1.82, 2.24) is 4.98 Å². The number of rotatable bonds is 7. The van der Waals surface area contributed by atoms with Crippen molar-refractivity contribution in [3.63, 3.8) is 0 Å². The fourth-order valence-corrected chi connectivity index (χ4v) is 2.37. The number of carbonyl (C=O) groups excluding carboxylic acids is 1. The van der Waals surface area contributed by atoms with Gasteiger partial charge in [-0.15, -0.1) is 0 Å². The molecule has 21 heavy (non-hydrogen) atoms. The molecule has 1 aromatic carbocycles. The molecular weight excluding hydrogens is 264 g/mol. The molecule has 0 aliphatic rings. The van der Waals surface area contributed by atoms with E-state index >= 15 is 0 Å². The minimum atomic E-state index is -0.352. The highest BCUT2D eigenvalue weighted by Crippen LogP contribution is 2.23. The van der Waals surface area contributed by atoms with Crippen LogP contribution >= 0.6 is 0 Å². The van der Waals surface area contributed by atoms with Gasteiger partial charge >= 0.3 is 0 Å². The summed E-state index contributed by atoms with van der Waals surface area (Å²) in [7, 11) is 0. The van der Waals surface area contributed by atoms with Gasteiger partial charge in [0, 0.05) is 18.5 Å². The molecule has 0 radical (unpaired) electrons. The Morgan fingerprint density at radius 3 is 2.76 bits per heavy atom. The van der Waals surface area contributed by atoms with E-state index in [9.17, 15) is 4.79 Å². The summed E-state index contributed by atoms with van der Waals surface area (Å²) in [6, 6.07) is 9.85. The zero-order valence-corrected chi connectivity index (χ0v) is 12.4. The number of benzene rings is 1. The first-order valence-electron chi connectivity index (χ1n) is 7.27. The van der Waals surface area contributed by atoms with Crippen molar-refractivity contribution in [3.8, 4) is 0 Å². The van der Waals surface area contributed by atoms with Gasteiger partial charge in [-0.2, -0.15) is 0 Å². The maximum Gasteiger partial charge on any atom is 0.236 e. The van der Waals surface area contributed by atoms with Gasteiger partial charge in [-0.25, -0.2) is 4.98 Å². The number of carbonyl (C=O) groups is 1. The molecule has 1 aromatic heterocycles. The summed E-state index contributed by atoms with van der Waals surface area (Å²) >= 11 is 0. The number of primary amides is 1. The van der Waals surface area contributed by atoms with Crippen LogP contribution in [0.2, 0.25) is 0 Å². The molecule has 0 saturated carbocycles. The molecule has 0 bridgehead atoms. The predicted octanol–water partition coefficient (Wildman–Crippen LogP) is 1.79. The number of hydrogen-bond acceptors (Lipinski definition) is 4. The Kier molecular flexibility index (Phi) is 5.11. The first kappa shape index (κ1) is 15.3.